The summed E-state index contributed by atoms with van der Waals surface area (Å²) in [6.45, 7) is 0.453. The monoisotopic (exact) mass is 519 g/mol. The number of nitrogens with zero attached hydrogens (tertiary/aromatic N) is 2. The Morgan fingerprint density at radius 2 is 2.03 bits per heavy atom. The number of alkyl halides is 4. The fraction of sp³-hybridized carbons (Fsp3) is 0.520. The molecule has 1 saturated carbocycles. The molecule has 0 spiro atoms. The van der Waals surface area contributed by atoms with Crippen LogP contribution in [0, 0.1) is 23.2 Å². The summed E-state index contributed by atoms with van der Waals surface area (Å²) in [5.74, 6) is -7.02. The molecule has 1 aromatic carbocycles. The van der Waals surface area contributed by atoms with Gasteiger partial charge >= 0.3 is 0 Å². The van der Waals surface area contributed by atoms with Gasteiger partial charge in [-0.3, -0.25) is 14.4 Å². The highest BCUT2D eigenvalue weighted by Crippen LogP contribution is 2.49. The van der Waals surface area contributed by atoms with Gasteiger partial charge in [-0.1, -0.05) is 12.1 Å². The Hall–Kier alpha value is -3.62. The Labute approximate surface area is 209 Å². The molecular formula is C25H25F4N5O3. The number of piperidine rings is 2. The van der Waals surface area contributed by atoms with Gasteiger partial charge in [0, 0.05) is 41.4 Å². The van der Waals surface area contributed by atoms with Crippen molar-refractivity contribution in [1.82, 2.24) is 20.5 Å². The number of hydrogen-bond donors (Lipinski definition) is 3. The molecule has 12 heteroatoms. The molecule has 8 nitrogen and oxygen atoms in total. The predicted octanol–water partition coefficient (Wildman–Crippen LogP) is 3.27. The Morgan fingerprint density at radius 3 is 2.68 bits per heavy atom. The molecule has 2 bridgehead atoms. The molecule has 196 valence electrons. The van der Waals surface area contributed by atoms with Crippen LogP contribution in [0.3, 0.4) is 0 Å². The second kappa shape index (κ2) is 9.36. The Kier molecular flexibility index (Phi) is 6.33. The lowest BCUT2D eigenvalue weighted by Gasteiger charge is -2.53. The number of nitriles is 1. The molecule has 6 rings (SSSR count). The van der Waals surface area contributed by atoms with Crippen LogP contribution in [-0.4, -0.2) is 58.2 Å². The molecular weight excluding hydrogens is 494 g/mol. The first-order valence-corrected chi connectivity index (χ1v) is 12.2. The molecule has 37 heavy (non-hydrogen) atoms. The number of aromatic amines is 1. The van der Waals surface area contributed by atoms with Gasteiger partial charge in [0.25, 0.3) is 18.3 Å². The summed E-state index contributed by atoms with van der Waals surface area (Å²) in [5, 5.41) is 14.8. The lowest BCUT2D eigenvalue weighted by atomic mass is 9.71. The molecule has 3 aliphatic heterocycles. The van der Waals surface area contributed by atoms with E-state index in [4.69, 9.17) is 0 Å². The van der Waals surface area contributed by atoms with E-state index >= 15 is 0 Å². The number of carbonyl (C=O) groups excluding carboxylic acids is 3. The fourth-order valence-electron chi connectivity index (χ4n) is 5.98. The quantitative estimate of drug-likeness (QED) is 0.508. The molecule has 3 amide bonds. The molecule has 3 saturated heterocycles. The summed E-state index contributed by atoms with van der Waals surface area (Å²) in [6, 6.07) is 3.75. The first-order chi connectivity index (χ1) is 17.6. The van der Waals surface area contributed by atoms with Crippen LogP contribution < -0.4 is 10.6 Å². The Balaban J connectivity index is 1.44. The van der Waals surface area contributed by atoms with Gasteiger partial charge in [-0.05, 0) is 37.8 Å². The summed E-state index contributed by atoms with van der Waals surface area (Å²) in [5.41, 5.74) is -0.0770. The van der Waals surface area contributed by atoms with Crippen LogP contribution in [0.2, 0.25) is 0 Å². The van der Waals surface area contributed by atoms with E-state index in [1.54, 1.807) is 0 Å². The van der Waals surface area contributed by atoms with E-state index in [0.29, 0.717) is 13.0 Å². The van der Waals surface area contributed by atoms with Gasteiger partial charge in [0.1, 0.15) is 17.8 Å². The number of fused-ring (bicyclic) bond motifs is 4. The zero-order valence-corrected chi connectivity index (χ0v) is 19.6. The minimum atomic E-state index is -3.20. The molecule has 4 heterocycles. The minimum absolute atomic E-state index is 0.0179. The van der Waals surface area contributed by atoms with Crippen molar-refractivity contribution >= 4 is 28.6 Å². The highest BCUT2D eigenvalue weighted by atomic mass is 19.3. The standard InChI is InChI=1S/C25H25F4N5O3/c26-21(27)15-2-1-3-18-16(15)9-19(33-18)24(37)34-14-4-5-17(25(28,29)10-14)20(34)23(36)32-13(11-30)8-12-6-7-31-22(12)35/h1-3,9,12-14,17,20-21,33H,4-8,10H2,(H,31,35)(H,32,36)/t12-,13+,14-,17-,20-/m0/s1. The van der Waals surface area contributed by atoms with Crippen LogP contribution in [0.25, 0.3) is 10.9 Å². The number of benzene rings is 1. The SMILES string of the molecule is N#C[C@@H](C[C@@H]1CCNC1=O)NC(=O)[C@@H]1[C@@H]2CC[C@@H](CC2(F)F)N1C(=O)c1cc2c(C(F)F)cccc2[nH]1. The molecule has 0 radical (unpaired) electrons. The zero-order valence-electron chi connectivity index (χ0n) is 19.6. The summed E-state index contributed by atoms with van der Waals surface area (Å²) in [6.07, 6.45) is -2.59. The van der Waals surface area contributed by atoms with Gasteiger partial charge < -0.3 is 20.5 Å². The molecule has 2 aromatic rings. The van der Waals surface area contributed by atoms with E-state index in [2.05, 4.69) is 15.6 Å². The largest absolute Gasteiger partial charge is 0.356 e. The molecule has 1 aliphatic carbocycles. The van der Waals surface area contributed by atoms with Gasteiger partial charge in [0.2, 0.25) is 11.8 Å². The topological polar surface area (TPSA) is 118 Å². The van der Waals surface area contributed by atoms with Gasteiger partial charge in [-0.15, -0.1) is 0 Å². The van der Waals surface area contributed by atoms with Crippen molar-refractivity contribution in [2.24, 2.45) is 11.8 Å². The molecule has 1 aromatic heterocycles. The predicted molar refractivity (Wildman–Crippen MR) is 123 cm³/mol. The van der Waals surface area contributed by atoms with Crippen LogP contribution in [-0.2, 0) is 9.59 Å². The summed E-state index contributed by atoms with van der Waals surface area (Å²) >= 11 is 0. The zero-order chi connectivity index (χ0) is 26.5. The smallest absolute Gasteiger partial charge is 0.271 e. The number of nitrogens with one attached hydrogen (secondary N) is 3. The summed E-state index contributed by atoms with van der Waals surface area (Å²) < 4.78 is 56.8. The van der Waals surface area contributed by atoms with Gasteiger partial charge in [-0.2, -0.15) is 5.26 Å². The third-order valence-electron chi connectivity index (χ3n) is 7.76. The molecule has 4 aliphatic rings. The van der Waals surface area contributed by atoms with E-state index in [0.717, 1.165) is 4.90 Å². The second-order valence-corrected chi connectivity index (χ2v) is 9.95. The van der Waals surface area contributed by atoms with Crippen LogP contribution >= 0.6 is 0 Å². The molecule has 3 N–H and O–H groups in total. The van der Waals surface area contributed by atoms with E-state index < -0.39 is 60.5 Å². The maximum Gasteiger partial charge on any atom is 0.271 e. The number of halogens is 4. The summed E-state index contributed by atoms with van der Waals surface area (Å²) in [7, 11) is 0. The lowest BCUT2D eigenvalue weighted by Crippen LogP contribution is -2.68. The number of carbonyl (C=O) groups is 3. The van der Waals surface area contributed by atoms with E-state index in [-0.39, 0.29) is 47.3 Å². The fourth-order valence-corrected chi connectivity index (χ4v) is 5.98. The lowest BCUT2D eigenvalue weighted by molar-refractivity contribution is -0.179. The van der Waals surface area contributed by atoms with Crippen molar-refractivity contribution in [2.75, 3.05) is 6.54 Å². The van der Waals surface area contributed by atoms with Crippen molar-refractivity contribution < 1.29 is 31.9 Å². The maximum absolute atomic E-state index is 14.9. The summed E-state index contributed by atoms with van der Waals surface area (Å²) in [4.78, 5) is 42.8. The van der Waals surface area contributed by atoms with Crippen LogP contribution in [0.5, 0.6) is 0 Å². The Bertz CT molecular complexity index is 1290. The normalized spacial score (nSPS) is 27.2. The average Bonchev–Trinajstić information content (AvgIpc) is 3.47. The number of H-pyrrole nitrogens is 1. The third kappa shape index (κ3) is 4.40. The van der Waals surface area contributed by atoms with Crippen molar-refractivity contribution in [2.45, 2.75) is 62.6 Å². The molecule has 0 unspecified atom stereocenters. The minimum Gasteiger partial charge on any atom is -0.356 e. The first-order valence-electron chi connectivity index (χ1n) is 12.2. The van der Waals surface area contributed by atoms with Gasteiger partial charge in [-0.25, -0.2) is 17.6 Å². The number of hydrogen-bond acceptors (Lipinski definition) is 4. The Morgan fingerprint density at radius 1 is 1.24 bits per heavy atom. The van der Waals surface area contributed by atoms with Crippen molar-refractivity contribution in [3.63, 3.8) is 0 Å². The number of aromatic nitrogens is 1. The average molecular weight is 519 g/mol. The van der Waals surface area contributed by atoms with E-state index in [1.807, 2.05) is 6.07 Å². The molecule has 4 fully saturated rings. The van der Waals surface area contributed by atoms with Gasteiger partial charge in [0.15, 0.2) is 0 Å². The number of rotatable bonds is 6. The van der Waals surface area contributed by atoms with E-state index in [1.165, 1.54) is 24.3 Å². The van der Waals surface area contributed by atoms with Crippen LogP contribution in [0.15, 0.2) is 24.3 Å². The third-order valence-corrected chi connectivity index (χ3v) is 7.76. The van der Waals surface area contributed by atoms with Crippen LogP contribution in [0.4, 0.5) is 17.6 Å². The van der Waals surface area contributed by atoms with Crippen molar-refractivity contribution in [1.29, 1.82) is 5.26 Å². The maximum atomic E-state index is 14.9. The van der Waals surface area contributed by atoms with Crippen LogP contribution in [0.1, 0.15) is 54.6 Å². The first kappa shape index (κ1) is 25.0. The van der Waals surface area contributed by atoms with Crippen molar-refractivity contribution in [3.8, 4) is 6.07 Å². The second-order valence-electron chi connectivity index (χ2n) is 9.95. The molecule has 5 atom stereocenters. The van der Waals surface area contributed by atoms with Gasteiger partial charge in [0.05, 0.1) is 12.0 Å². The highest BCUT2D eigenvalue weighted by Gasteiger charge is 2.60. The van der Waals surface area contributed by atoms with Crippen molar-refractivity contribution in [3.05, 3.63) is 35.5 Å². The van der Waals surface area contributed by atoms with E-state index in [9.17, 15) is 37.2 Å². The highest BCUT2D eigenvalue weighted by molar-refractivity contribution is 6.01. The number of amides is 3.